The smallest absolute Gasteiger partial charge is 0.214 e. The third-order valence-electron chi connectivity index (χ3n) is 16.4. The Balaban J connectivity index is 0.000000189. The van der Waals surface area contributed by atoms with E-state index in [0.717, 1.165) is 33.9 Å². The van der Waals surface area contributed by atoms with Gasteiger partial charge in [0.1, 0.15) is 35.2 Å². The molecule has 0 aliphatic rings. The first-order valence-electron chi connectivity index (χ1n) is 34.1. The first-order chi connectivity index (χ1) is 44.4. The molecular formula is C79H103N10+5. The third-order valence-corrected chi connectivity index (χ3v) is 16.4. The number of pyridine rings is 10. The van der Waals surface area contributed by atoms with E-state index < -0.39 is 13.7 Å². The molecular weight excluding hydrogens is 1090 g/mol. The Kier molecular flexibility index (Phi) is 21.2. The van der Waals surface area contributed by atoms with Crippen molar-refractivity contribution in [3.05, 3.63) is 237 Å². The monoisotopic (exact) mass is 1200 g/mol. The molecule has 10 aromatic heterocycles. The Morgan fingerprint density at radius 3 is 1.34 bits per heavy atom. The average molecular weight is 1200 g/mol. The molecule has 10 rings (SSSR count). The molecule has 10 aromatic rings. The lowest BCUT2D eigenvalue weighted by molar-refractivity contribution is -0.660. The molecule has 10 heteroatoms. The summed E-state index contributed by atoms with van der Waals surface area (Å²) in [5.41, 5.74) is 27.7. The van der Waals surface area contributed by atoms with Crippen LogP contribution in [0, 0.1) is 82.9 Å². The lowest BCUT2D eigenvalue weighted by Gasteiger charge is -2.10. The molecule has 0 N–H and O–H groups in total. The highest BCUT2D eigenvalue weighted by Gasteiger charge is 2.21. The second-order valence-electron chi connectivity index (χ2n) is 25.2. The van der Waals surface area contributed by atoms with Crippen LogP contribution < -0.4 is 22.8 Å². The summed E-state index contributed by atoms with van der Waals surface area (Å²) in [6.45, 7) is 33.4. The average Bonchev–Trinajstić information content (AvgIpc) is 0.788. The van der Waals surface area contributed by atoms with E-state index in [9.17, 15) is 0 Å². The SMILES string of the molecule is Cc1cc(-c2cnc(C(C)C)cc2C)[n+](C)cc1C.Cc1cc(C(C)C)ncc1-c1cccc[n+]1C.Cc1cc[n+](C)c(-c2cnc(C(C)C)cc2C)c1.Cc1ccncc1-c1cc(C(C)C)cc[n+]1C.[2H]C([2H])([2H])c1cc(C)c(-c2cc(C)c(C([2H])([2H])[2H])c[n+]2C)c(C)n1. The Morgan fingerprint density at radius 1 is 0.371 bits per heavy atom. The minimum Gasteiger partial charge on any atom is -0.264 e. The van der Waals surface area contributed by atoms with Crippen LogP contribution >= 0.6 is 0 Å². The second-order valence-corrected chi connectivity index (χ2v) is 25.2. The van der Waals surface area contributed by atoms with Crippen molar-refractivity contribution in [2.24, 2.45) is 35.2 Å². The van der Waals surface area contributed by atoms with Gasteiger partial charge in [-0.15, -0.1) is 0 Å². The zero-order valence-corrected chi connectivity index (χ0v) is 57.6. The van der Waals surface area contributed by atoms with E-state index in [1.165, 1.54) is 89.5 Å². The first-order valence-corrected chi connectivity index (χ1v) is 31.1. The number of hydrogen-bond donors (Lipinski definition) is 0. The lowest BCUT2D eigenvalue weighted by Crippen LogP contribution is -2.32. The number of aryl methyl sites for hydroxylation is 17. The Labute approximate surface area is 543 Å². The van der Waals surface area contributed by atoms with Gasteiger partial charge in [-0.25, -0.2) is 22.8 Å². The molecule has 464 valence electrons. The molecule has 0 bridgehead atoms. The Hall–Kier alpha value is -8.50. The van der Waals surface area contributed by atoms with Gasteiger partial charge in [0.15, 0.2) is 31.0 Å². The van der Waals surface area contributed by atoms with Crippen LogP contribution in [0.2, 0.25) is 0 Å². The van der Waals surface area contributed by atoms with E-state index in [1.54, 1.807) is 37.7 Å². The quantitative estimate of drug-likeness (QED) is 0.134. The summed E-state index contributed by atoms with van der Waals surface area (Å²) in [6, 6.07) is 29.3. The highest BCUT2D eigenvalue weighted by Crippen LogP contribution is 2.29. The van der Waals surface area contributed by atoms with E-state index in [4.69, 9.17) is 8.22 Å². The van der Waals surface area contributed by atoms with Gasteiger partial charge >= 0.3 is 0 Å². The normalized spacial score (nSPS) is 12.2. The first kappa shape index (κ1) is 60.8. The number of nitrogens with zero attached hydrogens (tertiary/aromatic N) is 10. The highest BCUT2D eigenvalue weighted by molar-refractivity contribution is 5.66. The zero-order chi connectivity index (χ0) is 70.7. The molecule has 89 heavy (non-hydrogen) atoms. The van der Waals surface area contributed by atoms with Crippen LogP contribution in [0.3, 0.4) is 0 Å². The van der Waals surface area contributed by atoms with Crippen LogP contribution in [-0.2, 0) is 35.2 Å². The second kappa shape index (κ2) is 31.1. The summed E-state index contributed by atoms with van der Waals surface area (Å²) in [6.07, 6.45) is 19.8. The van der Waals surface area contributed by atoms with Crippen LogP contribution in [0.5, 0.6) is 0 Å². The van der Waals surface area contributed by atoms with Crippen LogP contribution in [0.1, 0.15) is 177 Å². The van der Waals surface area contributed by atoms with E-state index in [1.807, 2.05) is 50.0 Å². The molecule has 0 aliphatic carbocycles. The van der Waals surface area contributed by atoms with Crippen molar-refractivity contribution < 1.29 is 31.1 Å². The summed E-state index contributed by atoms with van der Waals surface area (Å²) in [4.78, 5) is 22.2. The Bertz CT molecular complexity index is 4290. The molecule has 0 spiro atoms. The van der Waals surface area contributed by atoms with Gasteiger partial charge in [0.05, 0.1) is 33.5 Å². The van der Waals surface area contributed by atoms with Crippen LogP contribution in [0.4, 0.5) is 0 Å². The maximum atomic E-state index is 7.61. The van der Waals surface area contributed by atoms with Crippen molar-refractivity contribution >= 4 is 0 Å². The van der Waals surface area contributed by atoms with Gasteiger partial charge in [0.25, 0.3) is 0 Å². The predicted molar refractivity (Wildman–Crippen MR) is 367 cm³/mol. The highest BCUT2D eigenvalue weighted by atomic mass is 14.9. The maximum Gasteiger partial charge on any atom is 0.214 e. The predicted octanol–water partition coefficient (Wildman–Crippen LogP) is 16.1. The van der Waals surface area contributed by atoms with Crippen molar-refractivity contribution in [2.45, 2.75) is 162 Å². The number of rotatable bonds is 9. The Morgan fingerprint density at radius 2 is 0.843 bits per heavy atom. The standard InChI is InChI=1S/C17H23N2.2C16H21N2.2C15H19N2/c1-11(2)16-7-13(4)15(9-18-16)17-8-12(3)14(5)10-19(17)6;1-10-8-15(18(6)9-12(10)3)16-11(2)7-13(4)17-14(16)5;1-11(2)15-9-13(4)14(10-17-15)16-8-12(3)6-7-18(16)5;1-11(2)13-6-8-17(4)15(9-13)14-10-16-7-5-12(14)3;1-11(2)14-9-12(3)13(10-16-14)15-7-5-6-8-17(15)4/h7-11H,1-6H3;7-9H,1-6H3;6-11H,1-5H3;2*5-11H,1-4H3/q5*+1/i;3D3,4D3;;;. The van der Waals surface area contributed by atoms with Crippen LogP contribution in [0.25, 0.3) is 56.3 Å². The summed E-state index contributed by atoms with van der Waals surface area (Å²) in [5.74, 6) is 1.98. The summed E-state index contributed by atoms with van der Waals surface area (Å²) >= 11 is 0. The van der Waals surface area contributed by atoms with Gasteiger partial charge in [-0.2, -0.15) is 0 Å². The molecule has 0 atom stereocenters. The molecule has 0 fully saturated rings. The maximum absolute atomic E-state index is 7.61. The fourth-order valence-corrected chi connectivity index (χ4v) is 10.5. The molecule has 0 aromatic carbocycles. The van der Waals surface area contributed by atoms with Crippen LogP contribution in [0.15, 0.2) is 147 Å². The van der Waals surface area contributed by atoms with Crippen molar-refractivity contribution in [3.63, 3.8) is 0 Å². The molecule has 10 heterocycles. The van der Waals surface area contributed by atoms with Gasteiger partial charge in [-0.3, -0.25) is 24.9 Å². The fraction of sp³-hybridized carbons (Fsp3) is 0.367. The van der Waals surface area contributed by atoms with Gasteiger partial charge in [0, 0.05) is 122 Å². The fourth-order valence-electron chi connectivity index (χ4n) is 10.5. The molecule has 0 amide bonds. The zero-order valence-electron chi connectivity index (χ0n) is 63.6. The van der Waals surface area contributed by atoms with Gasteiger partial charge < -0.3 is 0 Å². The molecule has 10 nitrogen and oxygen atoms in total. The van der Waals surface area contributed by atoms with Gasteiger partial charge in [-0.05, 0) is 193 Å². The molecule has 0 saturated carbocycles. The topological polar surface area (TPSA) is 83.8 Å². The van der Waals surface area contributed by atoms with E-state index in [2.05, 4.69) is 267 Å². The van der Waals surface area contributed by atoms with Crippen molar-refractivity contribution in [3.8, 4) is 56.3 Å². The number of hydrogen-bond acceptors (Lipinski definition) is 5. The molecule has 0 unspecified atom stereocenters. The van der Waals surface area contributed by atoms with Gasteiger partial charge in [0.2, 0.25) is 28.5 Å². The lowest BCUT2D eigenvalue weighted by atomic mass is 10.0. The van der Waals surface area contributed by atoms with Crippen molar-refractivity contribution in [1.82, 2.24) is 24.9 Å². The molecule has 0 radical (unpaired) electrons. The van der Waals surface area contributed by atoms with Crippen LogP contribution in [-0.4, -0.2) is 24.9 Å². The van der Waals surface area contributed by atoms with E-state index in [-0.39, 0.29) is 5.69 Å². The molecule has 0 saturated heterocycles. The largest absolute Gasteiger partial charge is 0.264 e. The van der Waals surface area contributed by atoms with Crippen molar-refractivity contribution in [2.75, 3.05) is 0 Å². The minimum absolute atomic E-state index is 0.0692. The van der Waals surface area contributed by atoms with E-state index in [0.29, 0.717) is 40.5 Å². The van der Waals surface area contributed by atoms with E-state index >= 15 is 0 Å². The third kappa shape index (κ3) is 18.1. The summed E-state index contributed by atoms with van der Waals surface area (Å²) < 4.78 is 55.7. The van der Waals surface area contributed by atoms with Crippen molar-refractivity contribution in [1.29, 1.82) is 0 Å². The number of aromatic nitrogens is 10. The molecule has 0 aliphatic heterocycles. The van der Waals surface area contributed by atoms with Gasteiger partial charge in [-0.1, -0.05) is 55.4 Å². The summed E-state index contributed by atoms with van der Waals surface area (Å²) in [5, 5.41) is 0. The minimum atomic E-state index is -2.25. The summed E-state index contributed by atoms with van der Waals surface area (Å²) in [7, 11) is 10.1.